The summed E-state index contributed by atoms with van der Waals surface area (Å²) in [4.78, 5) is 4.10. The molecule has 2 N–H and O–H groups in total. The van der Waals surface area contributed by atoms with E-state index in [1.807, 2.05) is 13.8 Å². The zero-order valence-electron chi connectivity index (χ0n) is 5.76. The van der Waals surface area contributed by atoms with E-state index in [4.69, 9.17) is 5.11 Å². The number of rotatable bonds is 0. The largest absolute Gasteiger partial charge is 0.377 e. The van der Waals surface area contributed by atoms with E-state index < -0.39 is 6.23 Å². The van der Waals surface area contributed by atoms with E-state index in [1.54, 1.807) is 0 Å². The monoisotopic (exact) mass is 128 g/mol. The van der Waals surface area contributed by atoms with E-state index in [1.165, 1.54) is 0 Å². The van der Waals surface area contributed by atoms with Crippen LogP contribution in [0, 0.1) is 0 Å². The molecule has 52 valence electrons. The Bertz CT molecular complexity index is 133. The third-order valence-electron chi connectivity index (χ3n) is 1.58. The third kappa shape index (κ3) is 1.50. The zero-order chi connectivity index (χ0) is 6.85. The molecule has 0 aromatic rings. The lowest BCUT2D eigenvalue weighted by atomic mass is 10.2. The predicted molar refractivity (Wildman–Crippen MR) is 36.6 cm³/mol. The fraction of sp³-hybridized carbons (Fsp3) is 0.833. The Morgan fingerprint density at radius 1 is 1.78 bits per heavy atom. The molecule has 0 bridgehead atoms. The molecular formula is C6H12N2O. The quantitative estimate of drug-likeness (QED) is 0.473. The van der Waals surface area contributed by atoms with Gasteiger partial charge in [-0.25, -0.2) is 0 Å². The van der Waals surface area contributed by atoms with Crippen molar-refractivity contribution < 1.29 is 5.11 Å². The van der Waals surface area contributed by atoms with Crippen molar-refractivity contribution in [2.75, 3.05) is 6.54 Å². The highest BCUT2D eigenvalue weighted by atomic mass is 16.3. The fourth-order valence-corrected chi connectivity index (χ4v) is 0.829. The van der Waals surface area contributed by atoms with Gasteiger partial charge >= 0.3 is 0 Å². The molecule has 2 atom stereocenters. The second-order valence-electron chi connectivity index (χ2n) is 2.39. The molecule has 2 unspecified atom stereocenters. The van der Waals surface area contributed by atoms with Gasteiger partial charge in [0.2, 0.25) is 0 Å². The Labute approximate surface area is 54.8 Å². The van der Waals surface area contributed by atoms with Crippen LogP contribution in [0.4, 0.5) is 0 Å². The lowest BCUT2D eigenvalue weighted by Crippen LogP contribution is -2.46. The topological polar surface area (TPSA) is 44.6 Å². The van der Waals surface area contributed by atoms with Crippen molar-refractivity contribution in [2.45, 2.75) is 26.1 Å². The molecule has 3 nitrogen and oxygen atoms in total. The van der Waals surface area contributed by atoms with Crippen LogP contribution < -0.4 is 5.32 Å². The van der Waals surface area contributed by atoms with E-state index in [2.05, 4.69) is 10.3 Å². The third-order valence-corrected chi connectivity index (χ3v) is 1.58. The molecule has 9 heavy (non-hydrogen) atoms. The van der Waals surface area contributed by atoms with Gasteiger partial charge in [0, 0.05) is 11.8 Å². The number of aliphatic imine (C=N–C) groups is 1. The Hall–Kier alpha value is -0.410. The Morgan fingerprint density at radius 3 is 2.89 bits per heavy atom. The number of hydrogen-bond acceptors (Lipinski definition) is 3. The molecule has 0 aromatic heterocycles. The number of aliphatic hydroxyl groups is 1. The number of aliphatic hydroxyl groups excluding tert-OH is 1. The molecule has 0 saturated carbocycles. The maximum Gasteiger partial charge on any atom is 0.125 e. The van der Waals surface area contributed by atoms with Crippen LogP contribution in [0.1, 0.15) is 13.8 Å². The summed E-state index contributed by atoms with van der Waals surface area (Å²) in [5, 5.41) is 11.9. The molecule has 0 fully saturated rings. The fourth-order valence-electron chi connectivity index (χ4n) is 0.829. The number of hydrogen-bond donors (Lipinski definition) is 2. The standard InChI is InChI=1S/C6H12N2O/c1-4-5(2)8-6(9)3-7-4/h5-6,8-9H,3H2,1-2H3. The Kier molecular flexibility index (Phi) is 1.83. The summed E-state index contributed by atoms with van der Waals surface area (Å²) < 4.78 is 0. The van der Waals surface area contributed by atoms with Crippen molar-refractivity contribution in [1.82, 2.24) is 5.32 Å². The normalized spacial score (nSPS) is 36.1. The lowest BCUT2D eigenvalue weighted by Gasteiger charge is -2.22. The molecule has 3 heteroatoms. The SMILES string of the molecule is CC1=NCC(O)NC1C. The molecule has 1 aliphatic rings. The lowest BCUT2D eigenvalue weighted by molar-refractivity contribution is 0.136. The van der Waals surface area contributed by atoms with Gasteiger partial charge in [0.25, 0.3) is 0 Å². The van der Waals surface area contributed by atoms with E-state index >= 15 is 0 Å². The highest BCUT2D eigenvalue weighted by molar-refractivity contribution is 5.87. The molecule has 0 radical (unpaired) electrons. The average molecular weight is 128 g/mol. The molecule has 0 amide bonds. The first-order chi connectivity index (χ1) is 4.20. The van der Waals surface area contributed by atoms with Gasteiger partial charge in [-0.3, -0.25) is 10.3 Å². The van der Waals surface area contributed by atoms with Gasteiger partial charge in [0.1, 0.15) is 6.23 Å². The minimum absolute atomic E-state index is 0.230. The van der Waals surface area contributed by atoms with Crippen LogP contribution in [0.15, 0.2) is 4.99 Å². The van der Waals surface area contributed by atoms with Gasteiger partial charge in [-0.1, -0.05) is 0 Å². The summed E-state index contributed by atoms with van der Waals surface area (Å²) in [7, 11) is 0. The maximum atomic E-state index is 8.98. The second-order valence-corrected chi connectivity index (χ2v) is 2.39. The van der Waals surface area contributed by atoms with Gasteiger partial charge in [-0.05, 0) is 13.8 Å². The summed E-state index contributed by atoms with van der Waals surface area (Å²) in [6.07, 6.45) is -0.441. The smallest absolute Gasteiger partial charge is 0.125 e. The second kappa shape index (κ2) is 2.45. The van der Waals surface area contributed by atoms with Crippen molar-refractivity contribution in [3.8, 4) is 0 Å². The van der Waals surface area contributed by atoms with Crippen LogP contribution in [0.25, 0.3) is 0 Å². The van der Waals surface area contributed by atoms with Crippen molar-refractivity contribution in [3.05, 3.63) is 0 Å². The van der Waals surface area contributed by atoms with Crippen LogP contribution in [-0.2, 0) is 0 Å². The summed E-state index contributed by atoms with van der Waals surface area (Å²) in [6, 6.07) is 0.230. The maximum absolute atomic E-state index is 8.98. The van der Waals surface area contributed by atoms with Crippen molar-refractivity contribution >= 4 is 5.71 Å². The highest BCUT2D eigenvalue weighted by Crippen LogP contribution is 1.96. The Balaban J connectivity index is 2.56. The summed E-state index contributed by atoms with van der Waals surface area (Å²) in [5.74, 6) is 0. The average Bonchev–Trinajstić information content (AvgIpc) is 1.80. The molecule has 0 spiro atoms. The van der Waals surface area contributed by atoms with E-state index in [9.17, 15) is 0 Å². The molecule has 0 aromatic carbocycles. The van der Waals surface area contributed by atoms with Crippen LogP contribution in [0.3, 0.4) is 0 Å². The zero-order valence-corrected chi connectivity index (χ0v) is 5.76. The molecule has 1 heterocycles. The summed E-state index contributed by atoms with van der Waals surface area (Å²) in [6.45, 7) is 4.45. The number of nitrogens with zero attached hydrogens (tertiary/aromatic N) is 1. The number of nitrogens with one attached hydrogen (secondary N) is 1. The van der Waals surface area contributed by atoms with E-state index in [0.29, 0.717) is 6.54 Å². The van der Waals surface area contributed by atoms with Gasteiger partial charge < -0.3 is 5.11 Å². The van der Waals surface area contributed by atoms with E-state index in [0.717, 1.165) is 5.71 Å². The van der Waals surface area contributed by atoms with Crippen LogP contribution >= 0.6 is 0 Å². The summed E-state index contributed by atoms with van der Waals surface area (Å²) in [5.41, 5.74) is 1.07. The van der Waals surface area contributed by atoms with Crippen molar-refractivity contribution in [3.63, 3.8) is 0 Å². The minimum Gasteiger partial charge on any atom is -0.377 e. The first-order valence-corrected chi connectivity index (χ1v) is 3.15. The van der Waals surface area contributed by atoms with Gasteiger partial charge in [0.15, 0.2) is 0 Å². The van der Waals surface area contributed by atoms with Crippen molar-refractivity contribution in [2.24, 2.45) is 4.99 Å². The van der Waals surface area contributed by atoms with Gasteiger partial charge in [-0.15, -0.1) is 0 Å². The summed E-state index contributed by atoms with van der Waals surface area (Å²) >= 11 is 0. The van der Waals surface area contributed by atoms with E-state index in [-0.39, 0.29) is 6.04 Å². The Morgan fingerprint density at radius 2 is 2.44 bits per heavy atom. The molecular weight excluding hydrogens is 116 g/mol. The van der Waals surface area contributed by atoms with Crippen LogP contribution in [-0.4, -0.2) is 29.6 Å². The first kappa shape index (κ1) is 6.71. The molecule has 1 rings (SSSR count). The molecule has 0 saturated heterocycles. The first-order valence-electron chi connectivity index (χ1n) is 3.15. The minimum atomic E-state index is -0.441. The van der Waals surface area contributed by atoms with Crippen molar-refractivity contribution in [1.29, 1.82) is 0 Å². The predicted octanol–water partition coefficient (Wildman–Crippen LogP) is -0.243. The van der Waals surface area contributed by atoms with Crippen LogP contribution in [0.2, 0.25) is 0 Å². The molecule has 1 aliphatic heterocycles. The molecule has 0 aliphatic carbocycles. The van der Waals surface area contributed by atoms with Crippen LogP contribution in [0.5, 0.6) is 0 Å². The van der Waals surface area contributed by atoms with Gasteiger partial charge in [-0.2, -0.15) is 0 Å². The highest BCUT2D eigenvalue weighted by Gasteiger charge is 2.14. The van der Waals surface area contributed by atoms with Gasteiger partial charge in [0.05, 0.1) is 6.54 Å².